The number of hydrogen-bond donors (Lipinski definition) is 3. The quantitative estimate of drug-likeness (QED) is 0.314. The second kappa shape index (κ2) is 10.4. The van der Waals surface area contributed by atoms with E-state index in [9.17, 15) is 23.9 Å². The number of carbonyl (C=O) groups is 3. The van der Waals surface area contributed by atoms with Gasteiger partial charge in [0.05, 0.1) is 18.5 Å². The number of rotatable bonds is 8. The maximum Gasteiger partial charge on any atom is 0.307 e. The molecule has 4 aromatic rings. The molecule has 1 amide bonds. The Morgan fingerprint density at radius 1 is 0.889 bits per heavy atom. The molecule has 8 nitrogen and oxygen atoms in total. The van der Waals surface area contributed by atoms with E-state index in [-0.39, 0.29) is 29.1 Å². The normalized spacial score (nSPS) is 10.7. The van der Waals surface area contributed by atoms with Gasteiger partial charge in [-0.2, -0.15) is 5.10 Å². The third kappa shape index (κ3) is 5.42. The maximum atomic E-state index is 14.8. The first-order valence-corrected chi connectivity index (χ1v) is 11.1. The molecule has 36 heavy (non-hydrogen) atoms. The molecule has 182 valence electrons. The van der Waals surface area contributed by atoms with E-state index in [0.717, 1.165) is 0 Å². The van der Waals surface area contributed by atoms with Crippen molar-refractivity contribution in [2.45, 2.75) is 12.8 Å². The molecule has 0 aliphatic heterocycles. The predicted molar refractivity (Wildman–Crippen MR) is 131 cm³/mol. The summed E-state index contributed by atoms with van der Waals surface area (Å²) >= 11 is 6.02. The molecular formula is C26H19ClFN3O5. The topological polar surface area (TPSA) is 122 Å². The van der Waals surface area contributed by atoms with Crippen LogP contribution in [-0.2, 0) is 22.4 Å². The van der Waals surface area contributed by atoms with Crippen molar-refractivity contribution < 1.29 is 29.0 Å². The van der Waals surface area contributed by atoms with Gasteiger partial charge in [0.2, 0.25) is 0 Å². The van der Waals surface area contributed by atoms with Crippen molar-refractivity contribution in [1.29, 1.82) is 0 Å². The van der Waals surface area contributed by atoms with Gasteiger partial charge in [-0.25, -0.2) is 9.07 Å². The van der Waals surface area contributed by atoms with Crippen molar-refractivity contribution in [3.05, 3.63) is 100 Å². The lowest BCUT2D eigenvalue weighted by Gasteiger charge is -2.10. The molecule has 3 aromatic carbocycles. The number of nitrogens with one attached hydrogen (secondary N) is 1. The van der Waals surface area contributed by atoms with Gasteiger partial charge >= 0.3 is 11.9 Å². The monoisotopic (exact) mass is 507 g/mol. The summed E-state index contributed by atoms with van der Waals surface area (Å²) in [6.45, 7) is 0. The number of carboxylic acid groups (broad SMARTS) is 2. The van der Waals surface area contributed by atoms with Gasteiger partial charge in [-0.15, -0.1) is 0 Å². The van der Waals surface area contributed by atoms with Crippen LogP contribution in [0, 0.1) is 5.82 Å². The van der Waals surface area contributed by atoms with Gasteiger partial charge in [-0.05, 0) is 42.0 Å². The average Bonchev–Trinajstić information content (AvgIpc) is 3.19. The highest BCUT2D eigenvalue weighted by Crippen LogP contribution is 2.32. The van der Waals surface area contributed by atoms with E-state index in [1.165, 1.54) is 35.0 Å². The summed E-state index contributed by atoms with van der Waals surface area (Å²) in [5.41, 5.74) is 1.55. The van der Waals surface area contributed by atoms with E-state index in [2.05, 4.69) is 10.4 Å². The number of carboxylic acids is 2. The van der Waals surface area contributed by atoms with Crippen molar-refractivity contribution in [2.24, 2.45) is 0 Å². The molecule has 0 unspecified atom stereocenters. The Kier molecular flexibility index (Phi) is 7.12. The van der Waals surface area contributed by atoms with Crippen molar-refractivity contribution in [2.75, 3.05) is 5.32 Å². The molecule has 0 aliphatic rings. The Morgan fingerprint density at radius 3 is 2.14 bits per heavy atom. The largest absolute Gasteiger partial charge is 0.481 e. The maximum absolute atomic E-state index is 14.8. The second-order valence-corrected chi connectivity index (χ2v) is 8.27. The number of nitrogens with zero attached hydrogens (tertiary/aromatic N) is 2. The minimum Gasteiger partial charge on any atom is -0.481 e. The van der Waals surface area contributed by atoms with Crippen LogP contribution in [0.25, 0.3) is 16.9 Å². The van der Waals surface area contributed by atoms with E-state index >= 15 is 0 Å². The number of carbonyl (C=O) groups excluding carboxylic acids is 1. The number of aromatic nitrogens is 2. The van der Waals surface area contributed by atoms with Crippen LogP contribution in [0.1, 0.15) is 21.6 Å². The van der Waals surface area contributed by atoms with Gasteiger partial charge in [-0.3, -0.25) is 14.4 Å². The van der Waals surface area contributed by atoms with Gasteiger partial charge in [0, 0.05) is 21.8 Å². The third-order valence-electron chi connectivity index (χ3n) is 5.29. The summed E-state index contributed by atoms with van der Waals surface area (Å²) in [5, 5.41) is 26.0. The number of aliphatic carboxylic acids is 2. The number of anilines is 1. The lowest BCUT2D eigenvalue weighted by Crippen LogP contribution is -2.16. The highest BCUT2D eigenvalue weighted by molar-refractivity contribution is 6.30. The van der Waals surface area contributed by atoms with Crippen molar-refractivity contribution in [3.8, 4) is 16.9 Å². The number of amides is 1. The van der Waals surface area contributed by atoms with Gasteiger partial charge in [-0.1, -0.05) is 48.0 Å². The highest BCUT2D eigenvalue weighted by atomic mass is 35.5. The van der Waals surface area contributed by atoms with Gasteiger partial charge in [0.1, 0.15) is 11.5 Å². The van der Waals surface area contributed by atoms with Crippen LogP contribution in [0.5, 0.6) is 0 Å². The fourth-order valence-corrected chi connectivity index (χ4v) is 3.85. The summed E-state index contributed by atoms with van der Waals surface area (Å²) < 4.78 is 16.0. The lowest BCUT2D eigenvalue weighted by molar-refractivity contribution is -0.137. The van der Waals surface area contributed by atoms with Crippen LogP contribution in [0.4, 0.5) is 10.1 Å². The number of hydrogen-bond acceptors (Lipinski definition) is 4. The third-order valence-corrected chi connectivity index (χ3v) is 5.54. The molecule has 1 heterocycles. The van der Waals surface area contributed by atoms with E-state index in [1.54, 1.807) is 42.5 Å². The SMILES string of the molecule is O=C(O)Cc1ccc(NC(=O)c2nn(-c3ccccc3F)c(-c3ccc(Cl)cc3)c2CC(=O)O)cc1. The molecule has 0 fully saturated rings. The fourth-order valence-electron chi connectivity index (χ4n) is 3.72. The zero-order valence-electron chi connectivity index (χ0n) is 18.6. The first kappa shape index (κ1) is 24.6. The summed E-state index contributed by atoms with van der Waals surface area (Å²) in [6.07, 6.45) is -0.721. The second-order valence-electron chi connectivity index (χ2n) is 7.84. The smallest absolute Gasteiger partial charge is 0.307 e. The van der Waals surface area contributed by atoms with Crippen LogP contribution >= 0.6 is 11.6 Å². The molecule has 1 aromatic heterocycles. The molecule has 0 saturated carbocycles. The number of para-hydroxylation sites is 1. The van der Waals surface area contributed by atoms with Crippen LogP contribution in [0.3, 0.4) is 0 Å². The van der Waals surface area contributed by atoms with E-state index < -0.39 is 30.1 Å². The summed E-state index contributed by atoms with van der Waals surface area (Å²) in [7, 11) is 0. The standard InChI is InChI=1S/C26H19ClFN3O5/c27-17-9-7-16(8-10-17)25-19(14-23(34)35)24(30-31(25)21-4-2-1-3-20(21)28)26(36)29-18-11-5-15(6-12-18)13-22(32)33/h1-12H,13-14H2,(H,29,36)(H,32,33)(H,34,35). The molecule has 0 radical (unpaired) electrons. The Balaban J connectivity index is 1.83. The van der Waals surface area contributed by atoms with E-state index in [1.807, 2.05) is 0 Å². The zero-order valence-corrected chi connectivity index (χ0v) is 19.4. The summed E-state index contributed by atoms with van der Waals surface area (Å²) in [4.78, 5) is 35.9. The van der Waals surface area contributed by atoms with E-state index in [0.29, 0.717) is 21.8 Å². The lowest BCUT2D eigenvalue weighted by atomic mass is 10.0. The number of halogens is 2. The van der Waals surface area contributed by atoms with Crippen LogP contribution in [-0.4, -0.2) is 37.8 Å². The van der Waals surface area contributed by atoms with Crippen LogP contribution in [0.15, 0.2) is 72.8 Å². The summed E-state index contributed by atoms with van der Waals surface area (Å²) in [5.74, 6) is -3.51. The summed E-state index contributed by atoms with van der Waals surface area (Å²) in [6, 6.07) is 18.4. The molecule has 10 heteroatoms. The van der Waals surface area contributed by atoms with Crippen LogP contribution < -0.4 is 5.32 Å². The molecule has 3 N–H and O–H groups in total. The highest BCUT2D eigenvalue weighted by Gasteiger charge is 2.27. The van der Waals surface area contributed by atoms with Gasteiger partial charge < -0.3 is 15.5 Å². The molecule has 0 spiro atoms. The average molecular weight is 508 g/mol. The van der Waals surface area contributed by atoms with E-state index in [4.69, 9.17) is 16.7 Å². The van der Waals surface area contributed by atoms with Crippen molar-refractivity contribution >= 4 is 35.1 Å². The first-order valence-electron chi connectivity index (χ1n) is 10.7. The molecule has 4 rings (SSSR count). The predicted octanol–water partition coefficient (Wildman–Crippen LogP) is 4.84. The Morgan fingerprint density at radius 2 is 1.53 bits per heavy atom. The number of benzene rings is 3. The first-order chi connectivity index (χ1) is 17.2. The Hall–Kier alpha value is -4.50. The van der Waals surface area contributed by atoms with Crippen LogP contribution in [0.2, 0.25) is 5.02 Å². The van der Waals surface area contributed by atoms with Crippen molar-refractivity contribution in [1.82, 2.24) is 9.78 Å². The zero-order chi connectivity index (χ0) is 25.8. The molecule has 0 saturated heterocycles. The molecular weight excluding hydrogens is 489 g/mol. The molecule has 0 bridgehead atoms. The van der Waals surface area contributed by atoms with Gasteiger partial charge in [0.15, 0.2) is 5.69 Å². The molecule has 0 atom stereocenters. The Bertz CT molecular complexity index is 1450. The Labute approximate surface area is 209 Å². The van der Waals surface area contributed by atoms with Crippen molar-refractivity contribution in [3.63, 3.8) is 0 Å². The minimum atomic E-state index is -1.20. The fraction of sp³-hybridized carbons (Fsp3) is 0.0769. The molecule has 0 aliphatic carbocycles. The minimum absolute atomic E-state index is 0.0335. The van der Waals surface area contributed by atoms with Gasteiger partial charge in [0.25, 0.3) is 5.91 Å².